The van der Waals surface area contributed by atoms with E-state index in [0.29, 0.717) is 55.3 Å². The number of halogens is 1. The molecule has 0 N–H and O–H groups in total. The Labute approximate surface area is 178 Å². The smallest absolute Gasteiger partial charge is 0.280 e. The maximum Gasteiger partial charge on any atom is 0.280 e. The Morgan fingerprint density at radius 1 is 1.06 bits per heavy atom. The molecular weight excluding hydrogens is 399 g/mol. The van der Waals surface area contributed by atoms with E-state index in [-0.39, 0.29) is 17.0 Å². The summed E-state index contributed by atoms with van der Waals surface area (Å²) in [6.07, 6.45) is 1.37. The lowest BCUT2D eigenvalue weighted by atomic mass is 9.85. The van der Waals surface area contributed by atoms with Gasteiger partial charge in [0.05, 0.1) is 18.1 Å². The van der Waals surface area contributed by atoms with E-state index >= 15 is 0 Å². The normalized spacial score (nSPS) is 19.6. The van der Waals surface area contributed by atoms with Crippen LogP contribution in [0.15, 0.2) is 53.3 Å². The summed E-state index contributed by atoms with van der Waals surface area (Å²) in [4.78, 5) is 27.6. The Hall–Kier alpha value is -3.55. The summed E-state index contributed by atoms with van der Waals surface area (Å²) in [5, 5.41) is 8.68. The fourth-order valence-electron chi connectivity index (χ4n) is 4.62. The van der Waals surface area contributed by atoms with Gasteiger partial charge >= 0.3 is 0 Å². The number of rotatable bonds is 3. The van der Waals surface area contributed by atoms with Crippen molar-refractivity contribution in [3.63, 3.8) is 0 Å². The van der Waals surface area contributed by atoms with Crippen molar-refractivity contribution in [2.45, 2.75) is 24.8 Å². The van der Waals surface area contributed by atoms with Gasteiger partial charge in [0.15, 0.2) is 5.69 Å². The van der Waals surface area contributed by atoms with Gasteiger partial charge in [0.1, 0.15) is 17.4 Å². The predicted octanol–water partition coefficient (Wildman–Crippen LogP) is 2.64. The number of nitrogens with zero attached hydrogens (tertiary/aromatic N) is 4. The van der Waals surface area contributed by atoms with Crippen LogP contribution in [0.25, 0.3) is 11.3 Å². The minimum Gasteiger partial charge on any atom is -0.497 e. The summed E-state index contributed by atoms with van der Waals surface area (Å²) in [5.41, 5.74) is 0.422. The maximum atomic E-state index is 14.1. The van der Waals surface area contributed by atoms with Crippen LogP contribution in [0.4, 0.5) is 4.39 Å². The van der Waals surface area contributed by atoms with Crippen molar-refractivity contribution in [1.82, 2.24) is 19.7 Å². The number of carbonyl (C=O) groups is 1. The molecule has 1 aromatic heterocycles. The van der Waals surface area contributed by atoms with Crippen LogP contribution in [0.5, 0.6) is 5.75 Å². The van der Waals surface area contributed by atoms with Crippen LogP contribution in [-0.2, 0) is 12.0 Å². The van der Waals surface area contributed by atoms with Crippen molar-refractivity contribution in [1.29, 1.82) is 0 Å². The highest BCUT2D eigenvalue weighted by molar-refractivity contribution is 5.94. The summed E-state index contributed by atoms with van der Waals surface area (Å²) in [5.74, 6) is 0.445. The average molecular weight is 420 g/mol. The molecule has 31 heavy (non-hydrogen) atoms. The van der Waals surface area contributed by atoms with E-state index in [1.165, 1.54) is 12.1 Å². The molecule has 8 heteroatoms. The first-order valence-electron chi connectivity index (χ1n) is 10.2. The number of aromatic nitrogens is 3. The molecule has 7 nitrogen and oxygen atoms in total. The fraction of sp³-hybridized carbons (Fsp3) is 0.304. The molecule has 1 fully saturated rings. The van der Waals surface area contributed by atoms with Crippen LogP contribution in [0.1, 0.15) is 29.0 Å². The minimum absolute atomic E-state index is 0.0656. The van der Waals surface area contributed by atoms with Gasteiger partial charge in [-0.1, -0.05) is 12.1 Å². The van der Waals surface area contributed by atoms with Gasteiger partial charge in [-0.15, -0.1) is 10.2 Å². The zero-order valence-electron chi connectivity index (χ0n) is 17.0. The number of hydrogen-bond acceptors (Lipinski definition) is 5. The van der Waals surface area contributed by atoms with Gasteiger partial charge in [-0.25, -0.2) is 4.39 Å². The van der Waals surface area contributed by atoms with Crippen LogP contribution >= 0.6 is 0 Å². The zero-order chi connectivity index (χ0) is 21.6. The lowest BCUT2D eigenvalue weighted by molar-refractivity contribution is 0.0778. The SMILES string of the molecule is COc1ccc(-c2nnc3n(c2=O)CCC32CCN(C(=O)c3ccccc3F)C2)cc1. The second-order valence-electron chi connectivity index (χ2n) is 8.04. The monoisotopic (exact) mass is 420 g/mol. The van der Waals surface area contributed by atoms with Crippen LogP contribution < -0.4 is 10.3 Å². The molecule has 2 aliphatic heterocycles. The Morgan fingerprint density at radius 2 is 1.81 bits per heavy atom. The van der Waals surface area contributed by atoms with E-state index < -0.39 is 11.2 Å². The second kappa shape index (κ2) is 7.30. The molecule has 3 heterocycles. The van der Waals surface area contributed by atoms with Crippen molar-refractivity contribution in [3.05, 3.63) is 76.1 Å². The molecule has 158 valence electrons. The Morgan fingerprint density at radius 3 is 2.55 bits per heavy atom. The van der Waals surface area contributed by atoms with Crippen molar-refractivity contribution in [3.8, 4) is 17.0 Å². The summed E-state index contributed by atoms with van der Waals surface area (Å²) in [6, 6.07) is 13.1. The number of benzene rings is 2. The highest BCUT2D eigenvalue weighted by Crippen LogP contribution is 2.41. The third-order valence-corrected chi connectivity index (χ3v) is 6.35. The molecule has 1 amide bonds. The topological polar surface area (TPSA) is 77.3 Å². The summed E-state index contributed by atoms with van der Waals surface area (Å²) in [7, 11) is 1.58. The minimum atomic E-state index is -0.527. The van der Waals surface area contributed by atoms with Gasteiger partial charge in [0, 0.05) is 25.2 Å². The molecule has 0 saturated carbocycles. The lowest BCUT2D eigenvalue weighted by Gasteiger charge is -2.23. The molecular formula is C23H21FN4O3. The molecule has 0 aliphatic carbocycles. The molecule has 0 bridgehead atoms. The van der Waals surface area contributed by atoms with Crippen LogP contribution in [0.2, 0.25) is 0 Å². The maximum absolute atomic E-state index is 14.1. The Balaban J connectivity index is 1.44. The number of hydrogen-bond donors (Lipinski definition) is 0. The van der Waals surface area contributed by atoms with E-state index in [0.717, 1.165) is 0 Å². The molecule has 1 atom stereocenters. The van der Waals surface area contributed by atoms with Crippen molar-refractivity contribution >= 4 is 5.91 Å². The number of likely N-dealkylation sites (tertiary alicyclic amines) is 1. The van der Waals surface area contributed by atoms with E-state index in [9.17, 15) is 14.0 Å². The molecule has 0 radical (unpaired) electrons. The Kier molecular flexibility index (Phi) is 4.57. The fourth-order valence-corrected chi connectivity index (χ4v) is 4.62. The lowest BCUT2D eigenvalue weighted by Crippen LogP contribution is -2.35. The van der Waals surface area contributed by atoms with Crippen molar-refractivity contribution in [2.75, 3.05) is 20.2 Å². The first-order chi connectivity index (χ1) is 15.0. The molecule has 2 aromatic carbocycles. The van der Waals surface area contributed by atoms with E-state index in [1.54, 1.807) is 53.0 Å². The number of ether oxygens (including phenoxy) is 1. The van der Waals surface area contributed by atoms with Gasteiger partial charge in [-0.05, 0) is 49.2 Å². The van der Waals surface area contributed by atoms with Gasteiger partial charge in [-0.3, -0.25) is 14.2 Å². The zero-order valence-corrected chi connectivity index (χ0v) is 17.0. The van der Waals surface area contributed by atoms with Gasteiger partial charge in [0.2, 0.25) is 0 Å². The summed E-state index contributed by atoms with van der Waals surface area (Å²) in [6.45, 7) is 1.41. The van der Waals surface area contributed by atoms with Gasteiger partial charge in [-0.2, -0.15) is 0 Å². The number of methoxy groups -OCH3 is 1. The van der Waals surface area contributed by atoms with E-state index in [2.05, 4.69) is 10.2 Å². The summed E-state index contributed by atoms with van der Waals surface area (Å²) < 4.78 is 20.9. The van der Waals surface area contributed by atoms with Gasteiger partial charge < -0.3 is 9.64 Å². The van der Waals surface area contributed by atoms with E-state index in [4.69, 9.17) is 4.74 Å². The van der Waals surface area contributed by atoms with E-state index in [1.807, 2.05) is 0 Å². The molecule has 5 rings (SSSR count). The van der Waals surface area contributed by atoms with Crippen LogP contribution in [0.3, 0.4) is 0 Å². The molecule has 1 unspecified atom stereocenters. The average Bonchev–Trinajstić information content (AvgIpc) is 3.39. The molecule has 1 spiro atoms. The molecule has 3 aromatic rings. The number of carbonyl (C=O) groups excluding carboxylic acids is 1. The first-order valence-corrected chi connectivity index (χ1v) is 10.2. The molecule has 2 aliphatic rings. The first kappa shape index (κ1) is 19.4. The predicted molar refractivity (Wildman–Crippen MR) is 111 cm³/mol. The number of fused-ring (bicyclic) bond motifs is 2. The summed E-state index contributed by atoms with van der Waals surface area (Å²) >= 11 is 0. The third-order valence-electron chi connectivity index (χ3n) is 6.35. The third kappa shape index (κ3) is 3.10. The van der Waals surface area contributed by atoms with Crippen molar-refractivity contribution in [2.24, 2.45) is 0 Å². The standard InChI is InChI=1S/C23H21FN4O3/c1-31-16-8-6-15(7-9-16)19-21(30)28-13-11-23(22(28)26-25-19)10-12-27(14-23)20(29)17-4-2-3-5-18(17)24/h2-9H,10-14H2,1H3. The number of amides is 1. The van der Waals surface area contributed by atoms with Gasteiger partial charge in [0.25, 0.3) is 11.5 Å². The largest absolute Gasteiger partial charge is 0.497 e. The quantitative estimate of drug-likeness (QED) is 0.651. The van der Waals surface area contributed by atoms with Crippen molar-refractivity contribution < 1.29 is 13.9 Å². The highest BCUT2D eigenvalue weighted by atomic mass is 19.1. The molecule has 1 saturated heterocycles. The van der Waals surface area contributed by atoms with Crippen LogP contribution in [-0.4, -0.2) is 45.8 Å². The Bertz CT molecular complexity index is 1220. The highest BCUT2D eigenvalue weighted by Gasteiger charge is 2.48. The second-order valence-corrected chi connectivity index (χ2v) is 8.04. The van der Waals surface area contributed by atoms with Crippen LogP contribution in [0, 0.1) is 5.82 Å².